The summed E-state index contributed by atoms with van der Waals surface area (Å²) in [6.07, 6.45) is 3.80. The predicted octanol–water partition coefficient (Wildman–Crippen LogP) is 2.75. The molecular weight excluding hydrogens is 300 g/mol. The number of carbonyl (C=O) groups excluding carboxylic acids is 1. The third-order valence-electron chi connectivity index (χ3n) is 3.50. The molecule has 1 aliphatic carbocycles. The molecule has 0 unspecified atom stereocenters. The van der Waals surface area contributed by atoms with Gasteiger partial charge in [-0.3, -0.25) is 14.9 Å². The molecule has 8 heteroatoms. The van der Waals surface area contributed by atoms with E-state index in [1.54, 1.807) is 0 Å². The fourth-order valence-electron chi connectivity index (χ4n) is 2.36. The van der Waals surface area contributed by atoms with Crippen molar-refractivity contribution in [3.8, 4) is 5.88 Å². The van der Waals surface area contributed by atoms with Crippen molar-refractivity contribution in [2.24, 2.45) is 5.92 Å². The van der Waals surface area contributed by atoms with Crippen LogP contribution in [0.1, 0.15) is 25.7 Å². The number of halogens is 1. The molecule has 0 bridgehead atoms. The number of rotatable bonds is 4. The van der Waals surface area contributed by atoms with Crippen molar-refractivity contribution in [2.45, 2.75) is 31.8 Å². The lowest BCUT2D eigenvalue weighted by Crippen LogP contribution is -2.28. The number of hydrogen-bond donors (Lipinski definition) is 0. The molecule has 1 aromatic rings. The van der Waals surface area contributed by atoms with Gasteiger partial charge in [0.05, 0.1) is 18.0 Å². The van der Waals surface area contributed by atoms with Crippen LogP contribution in [0.15, 0.2) is 12.3 Å². The number of hydrogen-bond acceptors (Lipinski definition) is 6. The molecule has 1 heterocycles. The van der Waals surface area contributed by atoms with Crippen LogP contribution in [0, 0.1) is 16.0 Å². The van der Waals surface area contributed by atoms with E-state index in [2.05, 4.69) is 4.98 Å². The minimum Gasteiger partial charge on any atom is -0.474 e. The van der Waals surface area contributed by atoms with E-state index in [-0.39, 0.29) is 34.6 Å². The summed E-state index contributed by atoms with van der Waals surface area (Å²) < 4.78 is 10.4. The summed E-state index contributed by atoms with van der Waals surface area (Å²) in [6.45, 7) is 0. The van der Waals surface area contributed by atoms with E-state index in [1.165, 1.54) is 13.2 Å². The monoisotopic (exact) mass is 314 g/mol. The van der Waals surface area contributed by atoms with E-state index in [4.69, 9.17) is 21.1 Å². The summed E-state index contributed by atoms with van der Waals surface area (Å²) in [5, 5.41) is 10.6. The number of pyridine rings is 1. The van der Waals surface area contributed by atoms with Gasteiger partial charge in [0, 0.05) is 6.07 Å². The number of nitrogens with zero attached hydrogens (tertiary/aromatic N) is 2. The van der Waals surface area contributed by atoms with E-state index in [1.807, 2.05) is 0 Å². The van der Waals surface area contributed by atoms with E-state index in [0.29, 0.717) is 25.7 Å². The van der Waals surface area contributed by atoms with E-state index in [0.717, 1.165) is 6.20 Å². The lowest BCUT2D eigenvalue weighted by Gasteiger charge is -2.27. The first kappa shape index (κ1) is 15.5. The van der Waals surface area contributed by atoms with Gasteiger partial charge in [0.15, 0.2) is 0 Å². The number of aromatic nitrogens is 1. The molecule has 0 N–H and O–H groups in total. The minimum absolute atomic E-state index is 0.00625. The Balaban J connectivity index is 1.93. The maximum Gasteiger partial charge on any atom is 0.308 e. The zero-order valence-electron chi connectivity index (χ0n) is 11.5. The maximum atomic E-state index is 11.4. The van der Waals surface area contributed by atoms with Crippen molar-refractivity contribution in [3.63, 3.8) is 0 Å². The highest BCUT2D eigenvalue weighted by Crippen LogP contribution is 2.30. The molecule has 0 saturated heterocycles. The largest absolute Gasteiger partial charge is 0.474 e. The predicted molar refractivity (Wildman–Crippen MR) is 74.3 cm³/mol. The smallest absolute Gasteiger partial charge is 0.308 e. The summed E-state index contributed by atoms with van der Waals surface area (Å²) in [6, 6.07) is 1.34. The quantitative estimate of drug-likeness (QED) is 0.482. The Labute approximate surface area is 126 Å². The molecule has 0 aromatic carbocycles. The fourth-order valence-corrected chi connectivity index (χ4v) is 2.57. The van der Waals surface area contributed by atoms with Crippen LogP contribution in [0.2, 0.25) is 5.02 Å². The zero-order valence-corrected chi connectivity index (χ0v) is 12.2. The summed E-state index contributed by atoms with van der Waals surface area (Å²) in [7, 11) is 1.38. The van der Waals surface area contributed by atoms with Gasteiger partial charge in [-0.1, -0.05) is 11.6 Å². The lowest BCUT2D eigenvalue weighted by molar-refractivity contribution is -0.385. The third-order valence-corrected chi connectivity index (χ3v) is 3.80. The van der Waals surface area contributed by atoms with Gasteiger partial charge in [-0.25, -0.2) is 4.98 Å². The Morgan fingerprint density at radius 1 is 1.43 bits per heavy atom. The molecule has 0 radical (unpaired) electrons. The number of nitro groups is 1. The molecule has 1 aliphatic rings. The molecule has 1 aromatic heterocycles. The number of ether oxygens (including phenoxy) is 2. The van der Waals surface area contributed by atoms with E-state index < -0.39 is 4.92 Å². The van der Waals surface area contributed by atoms with E-state index >= 15 is 0 Å². The summed E-state index contributed by atoms with van der Waals surface area (Å²) in [5.74, 6) is -0.0136. The normalized spacial score (nSPS) is 21.6. The molecule has 1 fully saturated rings. The highest BCUT2D eigenvalue weighted by Gasteiger charge is 2.28. The Morgan fingerprint density at radius 2 is 2.10 bits per heavy atom. The highest BCUT2D eigenvalue weighted by atomic mass is 35.5. The Bertz CT molecular complexity index is 543. The van der Waals surface area contributed by atoms with Crippen molar-refractivity contribution >= 4 is 23.3 Å². The zero-order chi connectivity index (χ0) is 15.4. The summed E-state index contributed by atoms with van der Waals surface area (Å²) in [4.78, 5) is 25.4. The second-order valence-electron chi connectivity index (χ2n) is 4.85. The van der Waals surface area contributed by atoms with Crippen LogP contribution in [0.4, 0.5) is 5.69 Å². The Morgan fingerprint density at radius 3 is 2.62 bits per heavy atom. The van der Waals surface area contributed by atoms with Crippen molar-refractivity contribution in [1.82, 2.24) is 4.98 Å². The number of carbonyl (C=O) groups is 1. The minimum atomic E-state index is -0.597. The van der Waals surface area contributed by atoms with E-state index in [9.17, 15) is 14.9 Å². The van der Waals surface area contributed by atoms with Gasteiger partial charge >= 0.3 is 11.7 Å². The lowest BCUT2D eigenvalue weighted by atomic mass is 9.87. The first-order chi connectivity index (χ1) is 10.0. The molecule has 114 valence electrons. The van der Waals surface area contributed by atoms with Crippen LogP contribution < -0.4 is 4.74 Å². The van der Waals surface area contributed by atoms with Crippen molar-refractivity contribution in [1.29, 1.82) is 0 Å². The van der Waals surface area contributed by atoms with Gasteiger partial charge in [0.1, 0.15) is 17.3 Å². The topological polar surface area (TPSA) is 91.6 Å². The Kier molecular flexibility index (Phi) is 4.95. The molecular formula is C13H15ClN2O5. The summed E-state index contributed by atoms with van der Waals surface area (Å²) in [5.41, 5.74) is -0.251. The average Bonchev–Trinajstić information content (AvgIpc) is 2.47. The van der Waals surface area contributed by atoms with Gasteiger partial charge in [-0.2, -0.15) is 0 Å². The molecule has 21 heavy (non-hydrogen) atoms. The third kappa shape index (κ3) is 3.81. The second-order valence-corrected chi connectivity index (χ2v) is 5.25. The van der Waals surface area contributed by atoms with Crippen LogP contribution in [-0.4, -0.2) is 29.1 Å². The van der Waals surface area contributed by atoms with Crippen LogP contribution in [0.5, 0.6) is 5.88 Å². The molecule has 0 atom stereocenters. The number of esters is 1. The first-order valence-corrected chi connectivity index (χ1v) is 6.93. The van der Waals surface area contributed by atoms with Crippen LogP contribution in [-0.2, 0) is 9.53 Å². The standard InChI is InChI=1S/C13H15ClN2O5/c1-20-13(17)8-2-4-9(5-3-8)21-12-6-10(14)11(7-15-12)16(18)19/h6-9H,2-5H2,1H3/t8-,9+. The van der Waals surface area contributed by atoms with Crippen molar-refractivity contribution in [2.75, 3.05) is 7.11 Å². The Hall–Kier alpha value is -1.89. The summed E-state index contributed by atoms with van der Waals surface area (Å²) >= 11 is 5.80. The molecule has 0 aliphatic heterocycles. The van der Waals surface area contributed by atoms with Crippen LogP contribution >= 0.6 is 11.6 Å². The first-order valence-electron chi connectivity index (χ1n) is 6.55. The second kappa shape index (κ2) is 6.71. The van der Waals surface area contributed by atoms with Gasteiger partial charge < -0.3 is 9.47 Å². The molecule has 0 spiro atoms. The average molecular weight is 315 g/mol. The molecule has 0 amide bonds. The highest BCUT2D eigenvalue weighted by molar-refractivity contribution is 6.32. The molecule has 2 rings (SSSR count). The van der Waals surface area contributed by atoms with Gasteiger partial charge in [-0.05, 0) is 25.7 Å². The van der Waals surface area contributed by atoms with Gasteiger partial charge in [0.2, 0.25) is 5.88 Å². The fraction of sp³-hybridized carbons (Fsp3) is 0.538. The van der Waals surface area contributed by atoms with Crippen LogP contribution in [0.25, 0.3) is 0 Å². The maximum absolute atomic E-state index is 11.4. The molecule has 7 nitrogen and oxygen atoms in total. The van der Waals surface area contributed by atoms with Gasteiger partial charge in [-0.15, -0.1) is 0 Å². The van der Waals surface area contributed by atoms with Crippen molar-refractivity contribution < 1.29 is 19.2 Å². The SMILES string of the molecule is COC(=O)[C@H]1CC[C@@H](Oc2cc(Cl)c([N+](=O)[O-])cn2)CC1. The molecule has 1 saturated carbocycles. The van der Waals surface area contributed by atoms with Crippen LogP contribution in [0.3, 0.4) is 0 Å². The van der Waals surface area contributed by atoms with Crippen molar-refractivity contribution in [3.05, 3.63) is 27.4 Å². The van der Waals surface area contributed by atoms with Gasteiger partial charge in [0.25, 0.3) is 0 Å². The number of methoxy groups -OCH3 is 1.